The highest BCUT2D eigenvalue weighted by atomic mass is 19.1. The molecule has 1 unspecified atom stereocenters. The van der Waals surface area contributed by atoms with E-state index >= 15 is 0 Å². The van der Waals surface area contributed by atoms with Crippen molar-refractivity contribution in [3.8, 4) is 17.3 Å². The summed E-state index contributed by atoms with van der Waals surface area (Å²) in [5.41, 5.74) is 2.10. The largest absolute Gasteiger partial charge is 0.435 e. The molecule has 9 heteroatoms. The first-order chi connectivity index (χ1) is 17.5. The Morgan fingerprint density at radius 3 is 2.69 bits per heavy atom. The standard InChI is InChI=1S/C27H32F2N4O3/c1-3-14-30-27(34)32(17-21-11-8-15-35-21)18-22-24(4-2)31-33(20-9-6-5-7-10-20)26(22)36-25-13-12-19(28)16-23(25)29/h5-7,9-10,12-13,16,21H,3-4,8,11,14-15,17-18H2,1-2H3,(H,30,34). The molecule has 2 heterocycles. The van der Waals surface area contributed by atoms with Crippen molar-refractivity contribution in [1.29, 1.82) is 0 Å². The maximum atomic E-state index is 14.6. The van der Waals surface area contributed by atoms with Crippen molar-refractivity contribution >= 4 is 6.03 Å². The quantitative estimate of drug-likeness (QED) is 0.395. The van der Waals surface area contributed by atoms with Gasteiger partial charge in [-0.25, -0.2) is 18.3 Å². The number of nitrogens with zero attached hydrogens (tertiary/aromatic N) is 3. The number of carbonyl (C=O) groups excluding carboxylic acids is 1. The highest BCUT2D eigenvalue weighted by Gasteiger charge is 2.28. The minimum Gasteiger partial charge on any atom is -0.435 e. The first kappa shape index (κ1) is 25.6. The Hall–Kier alpha value is -3.46. The van der Waals surface area contributed by atoms with Gasteiger partial charge in [-0.15, -0.1) is 0 Å². The van der Waals surface area contributed by atoms with Crippen molar-refractivity contribution in [2.24, 2.45) is 0 Å². The Labute approximate surface area is 210 Å². The average Bonchev–Trinajstić information content (AvgIpc) is 3.52. The minimum absolute atomic E-state index is 0.0504. The zero-order chi connectivity index (χ0) is 25.5. The second-order valence-electron chi connectivity index (χ2n) is 8.76. The number of aromatic nitrogens is 2. The lowest BCUT2D eigenvalue weighted by Crippen LogP contribution is -2.43. The number of urea groups is 1. The number of ether oxygens (including phenoxy) is 2. The molecular formula is C27H32F2N4O3. The minimum atomic E-state index is -0.822. The lowest BCUT2D eigenvalue weighted by molar-refractivity contribution is 0.0792. The molecule has 0 bridgehead atoms. The summed E-state index contributed by atoms with van der Waals surface area (Å²) < 4.78 is 41.6. The number of carbonyl (C=O) groups is 1. The van der Waals surface area contributed by atoms with Crippen molar-refractivity contribution in [2.75, 3.05) is 19.7 Å². The predicted molar refractivity (Wildman–Crippen MR) is 132 cm³/mol. The fraction of sp³-hybridized carbons (Fsp3) is 0.407. The Kier molecular flexibility index (Phi) is 8.53. The second kappa shape index (κ2) is 12.0. The van der Waals surface area contributed by atoms with Gasteiger partial charge in [-0.3, -0.25) is 0 Å². The number of hydrogen-bond donors (Lipinski definition) is 1. The van der Waals surface area contributed by atoms with Crippen LogP contribution in [0.5, 0.6) is 11.6 Å². The van der Waals surface area contributed by atoms with E-state index in [0.29, 0.717) is 31.7 Å². The van der Waals surface area contributed by atoms with E-state index in [4.69, 9.17) is 14.6 Å². The second-order valence-corrected chi connectivity index (χ2v) is 8.76. The molecule has 3 aromatic rings. The number of benzene rings is 2. The van der Waals surface area contributed by atoms with Crippen molar-refractivity contribution in [3.05, 3.63) is 71.4 Å². The van der Waals surface area contributed by atoms with E-state index in [0.717, 1.165) is 42.8 Å². The summed E-state index contributed by atoms with van der Waals surface area (Å²) in [6, 6.07) is 12.3. The summed E-state index contributed by atoms with van der Waals surface area (Å²) in [6.45, 7) is 5.80. The summed E-state index contributed by atoms with van der Waals surface area (Å²) in [7, 11) is 0. The molecule has 0 aliphatic carbocycles. The number of nitrogens with one attached hydrogen (secondary N) is 1. The lowest BCUT2D eigenvalue weighted by Gasteiger charge is -2.26. The van der Waals surface area contributed by atoms with Crippen LogP contribution in [0.2, 0.25) is 0 Å². The molecule has 0 saturated carbocycles. The summed E-state index contributed by atoms with van der Waals surface area (Å²) in [5, 5.41) is 7.70. The smallest absolute Gasteiger partial charge is 0.317 e. The van der Waals surface area contributed by atoms with Crippen LogP contribution in [0.4, 0.5) is 13.6 Å². The van der Waals surface area contributed by atoms with E-state index in [2.05, 4.69) is 5.32 Å². The number of amides is 2. The van der Waals surface area contributed by atoms with Gasteiger partial charge in [0, 0.05) is 25.8 Å². The molecule has 1 aliphatic heterocycles. The van der Waals surface area contributed by atoms with Gasteiger partial charge in [-0.05, 0) is 49.9 Å². The predicted octanol–water partition coefficient (Wildman–Crippen LogP) is 5.61. The van der Waals surface area contributed by atoms with Gasteiger partial charge in [0.15, 0.2) is 11.6 Å². The molecule has 192 valence electrons. The molecule has 0 radical (unpaired) electrons. The molecule has 36 heavy (non-hydrogen) atoms. The van der Waals surface area contributed by atoms with Gasteiger partial charge < -0.3 is 19.7 Å². The zero-order valence-electron chi connectivity index (χ0n) is 20.7. The van der Waals surface area contributed by atoms with Crippen LogP contribution in [0.3, 0.4) is 0 Å². The monoisotopic (exact) mass is 498 g/mol. The fourth-order valence-corrected chi connectivity index (χ4v) is 4.22. The van der Waals surface area contributed by atoms with Crippen LogP contribution in [0.1, 0.15) is 44.4 Å². The van der Waals surface area contributed by atoms with Crippen molar-refractivity contribution < 1.29 is 23.0 Å². The van der Waals surface area contributed by atoms with Gasteiger partial charge in [0.2, 0.25) is 5.88 Å². The van der Waals surface area contributed by atoms with Gasteiger partial charge >= 0.3 is 6.03 Å². The van der Waals surface area contributed by atoms with E-state index in [1.165, 1.54) is 6.07 Å². The van der Waals surface area contributed by atoms with Crippen LogP contribution in [0.15, 0.2) is 48.5 Å². The van der Waals surface area contributed by atoms with E-state index < -0.39 is 11.6 Å². The fourth-order valence-electron chi connectivity index (χ4n) is 4.22. The van der Waals surface area contributed by atoms with Gasteiger partial charge in [0.25, 0.3) is 0 Å². The van der Waals surface area contributed by atoms with Gasteiger partial charge in [-0.2, -0.15) is 5.10 Å². The maximum Gasteiger partial charge on any atom is 0.317 e. The molecular weight excluding hydrogens is 466 g/mol. The van der Waals surface area contributed by atoms with Crippen LogP contribution in [0, 0.1) is 11.6 Å². The average molecular weight is 499 g/mol. The molecule has 1 N–H and O–H groups in total. The number of aryl methyl sites for hydroxylation is 1. The zero-order valence-corrected chi connectivity index (χ0v) is 20.7. The molecule has 2 aromatic carbocycles. The van der Waals surface area contributed by atoms with Crippen LogP contribution < -0.4 is 10.1 Å². The molecule has 2 amide bonds. The van der Waals surface area contributed by atoms with E-state index in [1.54, 1.807) is 9.58 Å². The topological polar surface area (TPSA) is 68.6 Å². The summed E-state index contributed by atoms with van der Waals surface area (Å²) in [5.74, 6) is -1.36. The maximum absolute atomic E-state index is 14.6. The number of rotatable bonds is 10. The van der Waals surface area contributed by atoms with Crippen molar-refractivity contribution in [2.45, 2.75) is 52.2 Å². The lowest BCUT2D eigenvalue weighted by atomic mass is 10.1. The SMILES string of the molecule is CCCNC(=O)N(Cc1c(CC)nn(-c2ccccc2)c1Oc1ccc(F)cc1F)CC1CCCO1. The van der Waals surface area contributed by atoms with E-state index in [-0.39, 0.29) is 30.3 Å². The highest BCUT2D eigenvalue weighted by molar-refractivity contribution is 5.74. The van der Waals surface area contributed by atoms with Gasteiger partial charge in [0.1, 0.15) is 5.82 Å². The van der Waals surface area contributed by atoms with Gasteiger partial charge in [0.05, 0.1) is 29.6 Å². The Morgan fingerprint density at radius 1 is 1.22 bits per heavy atom. The van der Waals surface area contributed by atoms with Crippen LogP contribution >= 0.6 is 0 Å². The Morgan fingerprint density at radius 2 is 2.03 bits per heavy atom. The van der Waals surface area contributed by atoms with Crippen LogP contribution in [-0.4, -0.2) is 46.5 Å². The third-order valence-electron chi connectivity index (χ3n) is 6.07. The Bertz CT molecular complexity index is 1160. The van der Waals surface area contributed by atoms with Crippen molar-refractivity contribution in [3.63, 3.8) is 0 Å². The molecule has 1 fully saturated rings. The molecule has 4 rings (SSSR count). The van der Waals surface area contributed by atoms with Gasteiger partial charge in [-0.1, -0.05) is 32.0 Å². The van der Waals surface area contributed by atoms with Crippen molar-refractivity contribution in [1.82, 2.24) is 20.0 Å². The number of hydrogen-bond acceptors (Lipinski definition) is 4. The third kappa shape index (κ3) is 6.02. The normalized spacial score (nSPS) is 15.2. The molecule has 1 saturated heterocycles. The molecule has 1 aliphatic rings. The first-order valence-corrected chi connectivity index (χ1v) is 12.4. The molecule has 1 aromatic heterocycles. The summed E-state index contributed by atoms with van der Waals surface area (Å²) in [6.07, 6.45) is 3.17. The number of para-hydroxylation sites is 1. The Balaban J connectivity index is 1.76. The molecule has 1 atom stereocenters. The van der Waals surface area contributed by atoms with E-state index in [9.17, 15) is 13.6 Å². The summed E-state index contributed by atoms with van der Waals surface area (Å²) in [4.78, 5) is 14.8. The molecule has 0 spiro atoms. The first-order valence-electron chi connectivity index (χ1n) is 12.4. The third-order valence-corrected chi connectivity index (χ3v) is 6.07. The summed E-state index contributed by atoms with van der Waals surface area (Å²) >= 11 is 0. The van der Waals surface area contributed by atoms with E-state index in [1.807, 2.05) is 44.2 Å². The van der Waals surface area contributed by atoms with Crippen LogP contribution in [-0.2, 0) is 17.7 Å². The number of halogens is 2. The van der Waals surface area contributed by atoms with Crippen LogP contribution in [0.25, 0.3) is 5.69 Å². The molecule has 7 nitrogen and oxygen atoms in total. The highest BCUT2D eigenvalue weighted by Crippen LogP contribution is 2.34.